The zero-order chi connectivity index (χ0) is 10.4. The summed E-state index contributed by atoms with van der Waals surface area (Å²) in [6, 6.07) is 1.21. The molecule has 0 aromatic heterocycles. The number of terminal acetylenes is 1. The van der Waals surface area contributed by atoms with E-state index in [0.29, 0.717) is 6.04 Å². The number of nitrogens with one attached hydrogen (secondary N) is 1. The summed E-state index contributed by atoms with van der Waals surface area (Å²) in [6.45, 7) is 4.49. The highest BCUT2D eigenvalue weighted by Gasteiger charge is 2.20. The van der Waals surface area contributed by atoms with Crippen LogP contribution in [-0.2, 0) is 0 Å². The van der Waals surface area contributed by atoms with E-state index in [1.165, 1.54) is 32.1 Å². The van der Waals surface area contributed by atoms with Gasteiger partial charge in [0.05, 0.1) is 0 Å². The summed E-state index contributed by atoms with van der Waals surface area (Å²) in [5.41, 5.74) is 0. The third-order valence-corrected chi connectivity index (χ3v) is 3.37. The van der Waals surface area contributed by atoms with Crippen LogP contribution in [0.2, 0.25) is 0 Å². The van der Waals surface area contributed by atoms with E-state index in [-0.39, 0.29) is 0 Å². The highest BCUT2D eigenvalue weighted by Crippen LogP contribution is 2.26. The highest BCUT2D eigenvalue weighted by molar-refractivity contribution is 4.89. The third kappa shape index (κ3) is 3.72. The van der Waals surface area contributed by atoms with E-state index in [1.54, 1.807) is 0 Å². The normalized spacial score (nSPS) is 29.5. The molecule has 0 heterocycles. The van der Waals surface area contributed by atoms with Gasteiger partial charge in [-0.3, -0.25) is 0 Å². The smallest absolute Gasteiger partial charge is 0.0238 e. The van der Waals surface area contributed by atoms with Gasteiger partial charge in [-0.2, -0.15) is 0 Å². The monoisotopic (exact) mass is 193 g/mol. The van der Waals surface area contributed by atoms with Crippen molar-refractivity contribution in [3.05, 3.63) is 0 Å². The lowest BCUT2D eigenvalue weighted by atomic mass is 9.84. The van der Waals surface area contributed by atoms with Crippen molar-refractivity contribution in [3.8, 4) is 12.3 Å². The second kappa shape index (κ2) is 6.09. The van der Waals surface area contributed by atoms with Gasteiger partial charge in [0.25, 0.3) is 0 Å². The zero-order valence-corrected chi connectivity index (χ0v) is 9.55. The van der Waals surface area contributed by atoms with Crippen LogP contribution in [0.15, 0.2) is 0 Å². The van der Waals surface area contributed by atoms with E-state index >= 15 is 0 Å². The van der Waals surface area contributed by atoms with Crippen LogP contribution in [-0.4, -0.2) is 12.1 Å². The van der Waals surface area contributed by atoms with Gasteiger partial charge in [0, 0.05) is 18.5 Å². The minimum atomic E-state index is 0.489. The number of rotatable bonds is 4. The van der Waals surface area contributed by atoms with Gasteiger partial charge in [-0.1, -0.05) is 13.3 Å². The Morgan fingerprint density at radius 3 is 2.50 bits per heavy atom. The van der Waals surface area contributed by atoms with Gasteiger partial charge < -0.3 is 5.32 Å². The average Bonchev–Trinajstić information content (AvgIpc) is 2.19. The van der Waals surface area contributed by atoms with E-state index in [2.05, 4.69) is 25.1 Å². The molecule has 80 valence electrons. The van der Waals surface area contributed by atoms with Crippen LogP contribution in [0, 0.1) is 18.3 Å². The first-order valence-electron chi connectivity index (χ1n) is 5.95. The van der Waals surface area contributed by atoms with Crippen LogP contribution in [0.4, 0.5) is 0 Å². The van der Waals surface area contributed by atoms with Crippen LogP contribution >= 0.6 is 0 Å². The summed E-state index contributed by atoms with van der Waals surface area (Å²) in [5.74, 6) is 3.70. The van der Waals surface area contributed by atoms with Crippen molar-refractivity contribution in [2.75, 3.05) is 0 Å². The summed E-state index contributed by atoms with van der Waals surface area (Å²) in [5, 5.41) is 3.62. The Morgan fingerprint density at radius 1 is 1.36 bits per heavy atom. The van der Waals surface area contributed by atoms with E-state index in [9.17, 15) is 0 Å². The molecule has 1 rings (SSSR count). The van der Waals surface area contributed by atoms with Crippen molar-refractivity contribution in [1.29, 1.82) is 0 Å². The van der Waals surface area contributed by atoms with Crippen LogP contribution < -0.4 is 5.32 Å². The lowest BCUT2D eigenvalue weighted by Gasteiger charge is -2.30. The lowest BCUT2D eigenvalue weighted by Crippen LogP contribution is -2.38. The van der Waals surface area contributed by atoms with Crippen LogP contribution in [0.3, 0.4) is 0 Å². The molecule has 1 heteroatoms. The Kier molecular flexibility index (Phi) is 5.04. The minimum absolute atomic E-state index is 0.489. The Morgan fingerprint density at radius 2 is 2.00 bits per heavy atom. The van der Waals surface area contributed by atoms with Crippen LogP contribution in [0.1, 0.15) is 52.4 Å². The fraction of sp³-hybridized carbons (Fsp3) is 0.846. The molecule has 1 atom stereocenters. The minimum Gasteiger partial charge on any atom is -0.311 e. The molecule has 14 heavy (non-hydrogen) atoms. The summed E-state index contributed by atoms with van der Waals surface area (Å²) in [4.78, 5) is 0. The van der Waals surface area contributed by atoms with Gasteiger partial charge in [0.2, 0.25) is 0 Å². The SMILES string of the molecule is C#CCC(C)NC1CCC(CC)CC1. The summed E-state index contributed by atoms with van der Waals surface area (Å²) < 4.78 is 0. The van der Waals surface area contributed by atoms with Gasteiger partial charge in [-0.05, 0) is 38.5 Å². The molecule has 1 fully saturated rings. The summed E-state index contributed by atoms with van der Waals surface area (Å²) in [6.07, 6.45) is 13.0. The van der Waals surface area contributed by atoms with E-state index in [4.69, 9.17) is 6.42 Å². The standard InChI is InChI=1S/C13H23N/c1-4-6-11(3)14-13-9-7-12(5-2)8-10-13/h1,11-14H,5-10H2,2-3H3. The van der Waals surface area contributed by atoms with Gasteiger partial charge in [-0.15, -0.1) is 12.3 Å². The van der Waals surface area contributed by atoms with Gasteiger partial charge >= 0.3 is 0 Å². The van der Waals surface area contributed by atoms with E-state index in [0.717, 1.165) is 18.4 Å². The van der Waals surface area contributed by atoms with Crippen molar-refractivity contribution in [2.45, 2.75) is 64.5 Å². The lowest BCUT2D eigenvalue weighted by molar-refractivity contribution is 0.273. The average molecular weight is 193 g/mol. The molecule has 1 aliphatic rings. The first-order chi connectivity index (χ1) is 6.76. The third-order valence-electron chi connectivity index (χ3n) is 3.37. The van der Waals surface area contributed by atoms with Gasteiger partial charge in [0.1, 0.15) is 0 Å². The maximum absolute atomic E-state index is 5.29. The van der Waals surface area contributed by atoms with Gasteiger partial charge in [-0.25, -0.2) is 0 Å². The fourth-order valence-corrected chi connectivity index (χ4v) is 2.38. The molecule has 0 amide bonds. The molecule has 1 saturated carbocycles. The molecule has 0 aliphatic heterocycles. The predicted molar refractivity (Wildman–Crippen MR) is 62.1 cm³/mol. The van der Waals surface area contributed by atoms with Crippen molar-refractivity contribution < 1.29 is 0 Å². The molecule has 0 aromatic carbocycles. The largest absolute Gasteiger partial charge is 0.311 e. The van der Waals surface area contributed by atoms with E-state index < -0.39 is 0 Å². The van der Waals surface area contributed by atoms with Crippen molar-refractivity contribution >= 4 is 0 Å². The maximum Gasteiger partial charge on any atom is 0.0238 e. The quantitative estimate of drug-likeness (QED) is 0.677. The van der Waals surface area contributed by atoms with Crippen LogP contribution in [0.25, 0.3) is 0 Å². The molecule has 1 N–H and O–H groups in total. The van der Waals surface area contributed by atoms with Crippen LogP contribution in [0.5, 0.6) is 0 Å². The first-order valence-corrected chi connectivity index (χ1v) is 5.95. The molecule has 1 unspecified atom stereocenters. The summed E-state index contributed by atoms with van der Waals surface area (Å²) >= 11 is 0. The molecule has 0 aromatic rings. The van der Waals surface area contributed by atoms with Gasteiger partial charge in [0.15, 0.2) is 0 Å². The Balaban J connectivity index is 2.19. The first kappa shape index (κ1) is 11.6. The maximum atomic E-state index is 5.29. The van der Waals surface area contributed by atoms with Crippen molar-refractivity contribution in [3.63, 3.8) is 0 Å². The number of hydrogen-bond acceptors (Lipinski definition) is 1. The molecular weight excluding hydrogens is 170 g/mol. The van der Waals surface area contributed by atoms with E-state index in [1.807, 2.05) is 0 Å². The number of hydrogen-bond donors (Lipinski definition) is 1. The molecule has 1 nitrogen and oxygen atoms in total. The molecular formula is C13H23N. The highest BCUT2D eigenvalue weighted by atomic mass is 14.9. The second-order valence-corrected chi connectivity index (χ2v) is 4.60. The molecule has 0 saturated heterocycles. The molecule has 0 bridgehead atoms. The summed E-state index contributed by atoms with van der Waals surface area (Å²) in [7, 11) is 0. The Labute approximate surface area is 88.7 Å². The zero-order valence-electron chi connectivity index (χ0n) is 9.55. The topological polar surface area (TPSA) is 12.0 Å². The molecule has 0 spiro atoms. The molecule has 1 aliphatic carbocycles. The van der Waals surface area contributed by atoms with Crippen molar-refractivity contribution in [2.24, 2.45) is 5.92 Å². The predicted octanol–water partition coefficient (Wildman–Crippen LogP) is 2.96. The van der Waals surface area contributed by atoms with Crippen molar-refractivity contribution in [1.82, 2.24) is 5.32 Å². The second-order valence-electron chi connectivity index (χ2n) is 4.60. The fourth-order valence-electron chi connectivity index (χ4n) is 2.38. The Hall–Kier alpha value is -0.480. The molecule has 0 radical (unpaired) electrons. The Bertz CT molecular complexity index is 184.